The van der Waals surface area contributed by atoms with Crippen molar-refractivity contribution in [1.29, 1.82) is 0 Å². The van der Waals surface area contributed by atoms with Gasteiger partial charge in [-0.05, 0) is 69.2 Å². The van der Waals surface area contributed by atoms with Crippen molar-refractivity contribution in [1.82, 2.24) is 35.2 Å². The highest BCUT2D eigenvalue weighted by atomic mass is 32.1. The monoisotopic (exact) mass is 854 g/mol. The summed E-state index contributed by atoms with van der Waals surface area (Å²) in [6, 6.07) is 7.32. The second-order valence-corrected chi connectivity index (χ2v) is 19.0. The fraction of sp³-hybridized carbons (Fsp3) is 0.587. The number of pyridine rings is 1. The van der Waals surface area contributed by atoms with Crippen LogP contribution in [0.1, 0.15) is 76.3 Å². The summed E-state index contributed by atoms with van der Waals surface area (Å²) >= 11 is 1.49. The summed E-state index contributed by atoms with van der Waals surface area (Å²) in [5.41, 5.74) is 10.8. The van der Waals surface area contributed by atoms with E-state index >= 15 is 0 Å². The lowest BCUT2D eigenvalue weighted by atomic mass is 9.84. The van der Waals surface area contributed by atoms with Crippen LogP contribution >= 0.6 is 11.3 Å². The fourth-order valence-electron chi connectivity index (χ4n) is 9.19. The van der Waals surface area contributed by atoms with Crippen molar-refractivity contribution in [2.45, 2.75) is 91.5 Å². The Morgan fingerprint density at radius 2 is 1.92 bits per heavy atom. The van der Waals surface area contributed by atoms with Crippen molar-refractivity contribution >= 4 is 45.7 Å². The highest BCUT2D eigenvalue weighted by molar-refractivity contribution is 7.10. The lowest BCUT2D eigenvalue weighted by Gasteiger charge is -2.36. The van der Waals surface area contributed by atoms with E-state index in [0.717, 1.165) is 108 Å². The van der Waals surface area contributed by atoms with Gasteiger partial charge in [0.05, 0.1) is 53.3 Å². The van der Waals surface area contributed by atoms with E-state index in [2.05, 4.69) is 70.1 Å². The Labute approximate surface area is 363 Å². The normalized spacial score (nSPS) is 24.0. The maximum Gasteiger partial charge on any atom is 0.324 e. The number of hydrogen-bond acceptors (Lipinski definition) is 12. The molecule has 3 aromatic heterocycles. The quantitative estimate of drug-likeness (QED) is 0.192. The van der Waals surface area contributed by atoms with Crippen LogP contribution in [-0.2, 0) is 48.0 Å². The van der Waals surface area contributed by atoms with E-state index in [9.17, 15) is 14.4 Å². The third kappa shape index (κ3) is 9.22. The number of ether oxygens (including phenoxy) is 3. The highest BCUT2D eigenvalue weighted by Gasteiger charge is 2.42. The molecule has 0 radical (unpaired) electrons. The van der Waals surface area contributed by atoms with Crippen LogP contribution in [-0.4, -0.2) is 121 Å². The van der Waals surface area contributed by atoms with E-state index in [1.807, 2.05) is 25.4 Å². The van der Waals surface area contributed by atoms with Gasteiger partial charge in [0.15, 0.2) is 0 Å². The largest absolute Gasteiger partial charge is 0.464 e. The van der Waals surface area contributed by atoms with Crippen molar-refractivity contribution in [3.05, 3.63) is 52.1 Å². The summed E-state index contributed by atoms with van der Waals surface area (Å²) in [5, 5.41) is 8.45. The second kappa shape index (κ2) is 18.1. The first-order valence-corrected chi connectivity index (χ1v) is 22.9. The predicted molar refractivity (Wildman–Crippen MR) is 237 cm³/mol. The standard InChI is InChI=1S/C46H62N8O6S/c1-8-53-39-12-11-30-21-33(39)35(42(53)34-22-31(25-47-41(34)29(3)59-7)52-16-14-51(15-17-52)18-19-58-6)24-46(4,5)27-60-45(57)36-10-9-13-54(50-36)44(56)37(23-40-48-38(30)26-61-40)49-43(55)32-20-28(32)2/h11-12,21-22,25-26,28-29,32,36-37,50H,8-10,13-20,23-24,27H2,1-7H3,(H,49,55)/t28-,29-,32-,36-,37-/m0/s1. The summed E-state index contributed by atoms with van der Waals surface area (Å²) in [7, 11) is 3.48. The van der Waals surface area contributed by atoms with E-state index in [1.165, 1.54) is 16.3 Å². The molecule has 1 aromatic carbocycles. The van der Waals surface area contributed by atoms with Crippen molar-refractivity contribution in [3.8, 4) is 22.5 Å². The molecule has 328 valence electrons. The molecule has 14 nitrogen and oxygen atoms in total. The number of piperazine rings is 1. The van der Waals surface area contributed by atoms with E-state index in [-0.39, 0.29) is 36.9 Å². The number of hydrazine groups is 1. The van der Waals surface area contributed by atoms with Gasteiger partial charge in [0.2, 0.25) is 5.91 Å². The minimum atomic E-state index is -0.831. The lowest BCUT2D eigenvalue weighted by Crippen LogP contribution is -2.60. The van der Waals surface area contributed by atoms with Crippen molar-refractivity contribution < 1.29 is 28.6 Å². The number of esters is 1. The Bertz CT molecular complexity index is 2250. The number of aromatic nitrogens is 3. The van der Waals surface area contributed by atoms with E-state index in [4.69, 9.17) is 24.2 Å². The number of nitrogens with zero attached hydrogens (tertiary/aromatic N) is 6. The number of rotatable bonds is 10. The first kappa shape index (κ1) is 43.2. The molecule has 8 rings (SSSR count). The molecule has 0 spiro atoms. The number of thiazole rings is 1. The summed E-state index contributed by atoms with van der Waals surface area (Å²) in [6.45, 7) is 17.2. The molecule has 1 saturated carbocycles. The van der Waals surface area contributed by atoms with Crippen LogP contribution in [0.2, 0.25) is 0 Å². The minimum absolute atomic E-state index is 0.0941. The number of fused-ring (bicyclic) bond motifs is 6. The number of hydrogen-bond donors (Lipinski definition) is 2. The van der Waals surface area contributed by atoms with Crippen LogP contribution in [0.3, 0.4) is 0 Å². The van der Waals surface area contributed by atoms with E-state index in [0.29, 0.717) is 31.7 Å². The first-order valence-electron chi connectivity index (χ1n) is 22.0. The van der Waals surface area contributed by atoms with Gasteiger partial charge in [0.1, 0.15) is 12.1 Å². The molecule has 3 fully saturated rings. The molecule has 6 bridgehead atoms. The van der Waals surface area contributed by atoms with Gasteiger partial charge in [-0.1, -0.05) is 26.8 Å². The van der Waals surface area contributed by atoms with E-state index < -0.39 is 23.5 Å². The third-order valence-corrected chi connectivity index (χ3v) is 13.9. The SMILES string of the molecule is CCn1c(-c2cc(N3CCN(CCOC)CC3)cnc2[C@H](C)OC)c2c3cc(ccc31)-c1csc(n1)C[C@H](NC(=O)[C@H]1C[C@@H]1C)C(=O)N1CCC[C@H](N1)C(=O)OCC(C)(C)C2. The average Bonchev–Trinajstić information content (AvgIpc) is 3.69. The van der Waals surface area contributed by atoms with Gasteiger partial charge in [-0.3, -0.25) is 29.3 Å². The molecule has 2 saturated heterocycles. The van der Waals surface area contributed by atoms with Gasteiger partial charge >= 0.3 is 5.97 Å². The van der Waals surface area contributed by atoms with Gasteiger partial charge in [-0.15, -0.1) is 11.3 Å². The summed E-state index contributed by atoms with van der Waals surface area (Å²) in [5.74, 6) is -0.579. The molecule has 4 aliphatic rings. The Balaban J connectivity index is 1.23. The molecule has 61 heavy (non-hydrogen) atoms. The van der Waals surface area contributed by atoms with Gasteiger partial charge in [-0.25, -0.2) is 10.4 Å². The molecule has 3 aliphatic heterocycles. The highest BCUT2D eigenvalue weighted by Crippen LogP contribution is 2.43. The maximum absolute atomic E-state index is 14.2. The Kier molecular flexibility index (Phi) is 12.9. The zero-order valence-corrected chi connectivity index (χ0v) is 37.6. The van der Waals surface area contributed by atoms with Crippen LogP contribution in [0.5, 0.6) is 0 Å². The number of carbonyl (C=O) groups excluding carboxylic acids is 3. The van der Waals surface area contributed by atoms with Gasteiger partial charge in [-0.2, -0.15) is 0 Å². The average molecular weight is 855 g/mol. The number of aryl methyl sites for hydroxylation is 1. The number of amides is 2. The van der Waals surface area contributed by atoms with Crippen molar-refractivity contribution in [2.75, 3.05) is 71.6 Å². The fourth-order valence-corrected chi connectivity index (χ4v) is 10.0. The van der Waals surface area contributed by atoms with Crippen molar-refractivity contribution in [2.24, 2.45) is 17.3 Å². The van der Waals surface area contributed by atoms with Crippen LogP contribution in [0.4, 0.5) is 5.69 Å². The number of methoxy groups -OCH3 is 2. The molecule has 5 atom stereocenters. The molecule has 4 aromatic rings. The number of nitrogens with one attached hydrogen (secondary N) is 2. The molecule has 0 unspecified atom stereocenters. The number of anilines is 1. The Hall–Kier alpha value is -4.41. The van der Waals surface area contributed by atoms with Crippen LogP contribution in [0.15, 0.2) is 35.8 Å². The van der Waals surface area contributed by atoms with Gasteiger partial charge in [0, 0.05) is 105 Å². The van der Waals surface area contributed by atoms with E-state index in [1.54, 1.807) is 14.2 Å². The maximum atomic E-state index is 14.2. The van der Waals surface area contributed by atoms with Crippen LogP contribution < -0.4 is 15.6 Å². The summed E-state index contributed by atoms with van der Waals surface area (Å²) < 4.78 is 19.9. The Morgan fingerprint density at radius 3 is 2.64 bits per heavy atom. The molecular weight excluding hydrogens is 793 g/mol. The first-order chi connectivity index (χ1) is 29.4. The minimum Gasteiger partial charge on any atom is -0.464 e. The summed E-state index contributed by atoms with van der Waals surface area (Å²) in [6.07, 6.45) is 4.56. The number of cyclic esters (lactones) is 1. The van der Waals surface area contributed by atoms with Crippen LogP contribution in [0.25, 0.3) is 33.4 Å². The molecule has 2 N–H and O–H groups in total. The predicted octanol–water partition coefficient (Wildman–Crippen LogP) is 5.63. The zero-order chi connectivity index (χ0) is 43.0. The molecule has 6 heterocycles. The lowest BCUT2D eigenvalue weighted by molar-refractivity contribution is -0.155. The van der Waals surface area contributed by atoms with Crippen LogP contribution in [0, 0.1) is 17.3 Å². The van der Waals surface area contributed by atoms with Gasteiger partial charge < -0.3 is 29.0 Å². The number of carbonyl (C=O) groups is 3. The van der Waals surface area contributed by atoms with Crippen molar-refractivity contribution in [3.63, 3.8) is 0 Å². The topological polar surface area (TPSA) is 143 Å². The number of benzene rings is 1. The molecular formula is C46H62N8O6S. The molecule has 2 amide bonds. The Morgan fingerprint density at radius 1 is 1.13 bits per heavy atom. The molecule has 15 heteroatoms. The van der Waals surface area contributed by atoms with Gasteiger partial charge in [0.25, 0.3) is 5.91 Å². The summed E-state index contributed by atoms with van der Waals surface area (Å²) in [4.78, 5) is 56.4. The zero-order valence-electron chi connectivity index (χ0n) is 36.8. The second-order valence-electron chi connectivity index (χ2n) is 18.1. The third-order valence-electron chi connectivity index (χ3n) is 13.0. The smallest absolute Gasteiger partial charge is 0.324 e. The molecule has 1 aliphatic carbocycles.